The number of benzene rings is 1. The van der Waals surface area contributed by atoms with E-state index in [1.807, 2.05) is 13.8 Å². The molecule has 0 atom stereocenters. The van der Waals surface area contributed by atoms with Crippen molar-refractivity contribution in [1.29, 1.82) is 0 Å². The third kappa shape index (κ3) is 5.02. The maximum atomic E-state index is 12.5. The van der Waals surface area contributed by atoms with Crippen molar-refractivity contribution in [3.63, 3.8) is 0 Å². The molecule has 24 heavy (non-hydrogen) atoms. The number of piperazine rings is 1. The van der Waals surface area contributed by atoms with Gasteiger partial charge in [-0.1, -0.05) is 0 Å². The van der Waals surface area contributed by atoms with E-state index < -0.39 is 12.7 Å². The number of nitrogen functional groups attached to an aromatic ring is 1. The lowest BCUT2D eigenvalue weighted by Crippen LogP contribution is -2.50. The molecule has 2 rings (SSSR count). The number of hydrogen-bond acceptors (Lipinski definition) is 4. The van der Waals surface area contributed by atoms with Gasteiger partial charge in [-0.2, -0.15) is 13.2 Å². The van der Waals surface area contributed by atoms with Crippen molar-refractivity contribution in [3.05, 3.63) is 23.8 Å². The lowest BCUT2D eigenvalue weighted by atomic mass is 10.1. The Labute approximate surface area is 139 Å². The first kappa shape index (κ1) is 18.4. The maximum absolute atomic E-state index is 12.5. The molecular formula is C16H22F3N3O2. The van der Waals surface area contributed by atoms with Crippen LogP contribution in [0.25, 0.3) is 0 Å². The molecule has 1 aromatic carbocycles. The third-order valence-corrected chi connectivity index (χ3v) is 3.68. The molecule has 2 N–H and O–H groups in total. The fourth-order valence-corrected chi connectivity index (χ4v) is 2.59. The molecule has 8 heteroatoms. The molecular weight excluding hydrogens is 323 g/mol. The summed E-state index contributed by atoms with van der Waals surface area (Å²) in [5.74, 6) is 0.279. The number of carbonyl (C=O) groups excluding carboxylic acids is 1. The Bertz CT molecular complexity index is 582. The highest BCUT2D eigenvalue weighted by atomic mass is 19.4. The minimum atomic E-state index is -4.22. The Balaban J connectivity index is 1.97. The van der Waals surface area contributed by atoms with Gasteiger partial charge in [0.25, 0.3) is 5.91 Å². The zero-order chi connectivity index (χ0) is 17.9. The molecule has 1 fully saturated rings. The molecule has 0 unspecified atom stereocenters. The number of anilines is 1. The minimum absolute atomic E-state index is 0.0319. The molecule has 0 aromatic heterocycles. The first-order valence-electron chi connectivity index (χ1n) is 7.80. The number of rotatable bonds is 4. The number of halogens is 3. The highest BCUT2D eigenvalue weighted by Crippen LogP contribution is 2.25. The van der Waals surface area contributed by atoms with Crippen LogP contribution in [0.5, 0.6) is 5.75 Å². The summed E-state index contributed by atoms with van der Waals surface area (Å²) in [6.45, 7) is 3.74. The number of hydrogen-bond donors (Lipinski definition) is 1. The van der Waals surface area contributed by atoms with Crippen LogP contribution in [0.3, 0.4) is 0 Å². The summed E-state index contributed by atoms with van der Waals surface area (Å²) < 4.78 is 42.7. The van der Waals surface area contributed by atoms with Crippen LogP contribution in [0.1, 0.15) is 24.2 Å². The van der Waals surface area contributed by atoms with Gasteiger partial charge in [-0.3, -0.25) is 9.69 Å². The number of amides is 1. The average Bonchev–Trinajstić information content (AvgIpc) is 2.47. The molecule has 1 aliphatic heterocycles. The molecule has 134 valence electrons. The number of nitrogens with zero attached hydrogens (tertiary/aromatic N) is 2. The van der Waals surface area contributed by atoms with Gasteiger partial charge in [-0.05, 0) is 32.0 Å². The monoisotopic (exact) mass is 345 g/mol. The second-order valence-electron chi connectivity index (χ2n) is 6.10. The number of carbonyl (C=O) groups is 1. The van der Waals surface area contributed by atoms with Gasteiger partial charge >= 0.3 is 6.18 Å². The van der Waals surface area contributed by atoms with Crippen molar-refractivity contribution in [2.75, 3.05) is 38.5 Å². The Morgan fingerprint density at radius 1 is 1.25 bits per heavy atom. The SMILES string of the molecule is CC(C)Oc1ccc(C(=O)N2CCN(CC(F)(F)F)CC2)cc1N. The minimum Gasteiger partial charge on any atom is -0.489 e. The van der Waals surface area contributed by atoms with Crippen molar-refractivity contribution < 1.29 is 22.7 Å². The Kier molecular flexibility index (Phi) is 5.58. The summed E-state index contributed by atoms with van der Waals surface area (Å²) in [5, 5.41) is 0. The van der Waals surface area contributed by atoms with E-state index in [0.29, 0.717) is 17.0 Å². The third-order valence-electron chi connectivity index (χ3n) is 3.68. The van der Waals surface area contributed by atoms with Crippen LogP contribution >= 0.6 is 0 Å². The Morgan fingerprint density at radius 2 is 1.88 bits per heavy atom. The Hall–Kier alpha value is -1.96. The summed E-state index contributed by atoms with van der Waals surface area (Å²) in [6, 6.07) is 4.81. The molecule has 0 bridgehead atoms. The smallest absolute Gasteiger partial charge is 0.401 e. The van der Waals surface area contributed by atoms with E-state index >= 15 is 0 Å². The predicted octanol–water partition coefficient (Wildman–Crippen LogP) is 2.38. The lowest BCUT2D eigenvalue weighted by molar-refractivity contribution is -0.148. The summed E-state index contributed by atoms with van der Waals surface area (Å²) in [5.41, 5.74) is 6.68. The van der Waals surface area contributed by atoms with Crippen LogP contribution in [0.2, 0.25) is 0 Å². The van der Waals surface area contributed by atoms with Crippen LogP contribution in [0.4, 0.5) is 18.9 Å². The highest BCUT2D eigenvalue weighted by Gasteiger charge is 2.33. The van der Waals surface area contributed by atoms with Gasteiger partial charge in [0.05, 0.1) is 18.3 Å². The van der Waals surface area contributed by atoms with E-state index in [1.54, 1.807) is 23.1 Å². The van der Waals surface area contributed by atoms with E-state index in [9.17, 15) is 18.0 Å². The molecule has 5 nitrogen and oxygen atoms in total. The Morgan fingerprint density at radius 3 is 2.38 bits per heavy atom. The fraction of sp³-hybridized carbons (Fsp3) is 0.562. The van der Waals surface area contributed by atoms with Gasteiger partial charge in [0.2, 0.25) is 0 Å². The average molecular weight is 345 g/mol. The van der Waals surface area contributed by atoms with E-state index in [2.05, 4.69) is 0 Å². The van der Waals surface area contributed by atoms with Gasteiger partial charge in [0.1, 0.15) is 5.75 Å². The zero-order valence-electron chi connectivity index (χ0n) is 13.8. The summed E-state index contributed by atoms with van der Waals surface area (Å²) in [7, 11) is 0. The molecule has 1 heterocycles. The lowest BCUT2D eigenvalue weighted by Gasteiger charge is -2.35. The fourth-order valence-electron chi connectivity index (χ4n) is 2.59. The van der Waals surface area contributed by atoms with Crippen LogP contribution in [0, 0.1) is 0 Å². The van der Waals surface area contributed by atoms with Gasteiger partial charge in [-0.15, -0.1) is 0 Å². The largest absolute Gasteiger partial charge is 0.489 e. The van der Waals surface area contributed by atoms with Crippen molar-refractivity contribution >= 4 is 11.6 Å². The van der Waals surface area contributed by atoms with E-state index in [0.717, 1.165) is 0 Å². The maximum Gasteiger partial charge on any atom is 0.401 e. The summed E-state index contributed by atoms with van der Waals surface area (Å²) in [6.07, 6.45) is -4.25. The van der Waals surface area contributed by atoms with Crippen molar-refractivity contribution in [2.45, 2.75) is 26.1 Å². The molecule has 0 aliphatic carbocycles. The zero-order valence-corrected chi connectivity index (χ0v) is 13.8. The van der Waals surface area contributed by atoms with Crippen LogP contribution in [0.15, 0.2) is 18.2 Å². The van der Waals surface area contributed by atoms with Gasteiger partial charge < -0.3 is 15.4 Å². The topological polar surface area (TPSA) is 58.8 Å². The van der Waals surface area contributed by atoms with Gasteiger partial charge in [0.15, 0.2) is 0 Å². The predicted molar refractivity (Wildman–Crippen MR) is 85.0 cm³/mol. The van der Waals surface area contributed by atoms with E-state index in [4.69, 9.17) is 10.5 Å². The van der Waals surface area contributed by atoms with Crippen molar-refractivity contribution in [2.24, 2.45) is 0 Å². The molecule has 0 radical (unpaired) electrons. The van der Waals surface area contributed by atoms with E-state index in [1.165, 1.54) is 4.90 Å². The van der Waals surface area contributed by atoms with Crippen LogP contribution in [-0.4, -0.2) is 60.7 Å². The molecule has 1 aromatic rings. The number of ether oxygens (including phenoxy) is 1. The van der Waals surface area contributed by atoms with Crippen LogP contribution in [-0.2, 0) is 0 Å². The molecule has 0 spiro atoms. The quantitative estimate of drug-likeness (QED) is 0.851. The number of alkyl halides is 3. The summed E-state index contributed by atoms with van der Waals surface area (Å²) >= 11 is 0. The van der Waals surface area contributed by atoms with E-state index in [-0.39, 0.29) is 38.2 Å². The highest BCUT2D eigenvalue weighted by molar-refractivity contribution is 5.95. The van der Waals surface area contributed by atoms with Crippen molar-refractivity contribution in [1.82, 2.24) is 9.80 Å². The summed E-state index contributed by atoms with van der Waals surface area (Å²) in [4.78, 5) is 15.3. The molecule has 1 saturated heterocycles. The number of nitrogens with two attached hydrogens (primary N) is 1. The van der Waals surface area contributed by atoms with Gasteiger partial charge in [0, 0.05) is 31.7 Å². The standard InChI is InChI=1S/C16H22F3N3O2/c1-11(2)24-14-4-3-12(9-13(14)20)15(23)22-7-5-21(6-8-22)10-16(17,18)19/h3-4,9,11H,5-8,10,20H2,1-2H3. The molecule has 1 amide bonds. The molecule has 1 aliphatic rings. The van der Waals surface area contributed by atoms with Crippen molar-refractivity contribution in [3.8, 4) is 5.75 Å². The first-order valence-corrected chi connectivity index (χ1v) is 7.80. The van der Waals surface area contributed by atoms with Gasteiger partial charge in [-0.25, -0.2) is 0 Å². The normalized spacial score (nSPS) is 16.5. The first-order chi connectivity index (χ1) is 11.2. The van der Waals surface area contributed by atoms with Crippen LogP contribution < -0.4 is 10.5 Å². The molecule has 0 saturated carbocycles. The second-order valence-corrected chi connectivity index (χ2v) is 6.10. The second kappa shape index (κ2) is 7.29.